The first-order valence-electron chi connectivity index (χ1n) is 8.38. The molecule has 0 radical (unpaired) electrons. The first kappa shape index (κ1) is 18.5. The number of hydrogen-bond donors (Lipinski definition) is 1. The number of aromatic nitrogens is 1. The molecular weight excluding hydrogens is 409 g/mol. The number of fused-ring (bicyclic) bond motifs is 1. The zero-order valence-corrected chi connectivity index (χ0v) is 16.5. The Hall–Kier alpha value is -1.88. The molecular formula is C17H16FN3O3S3. The normalized spacial score (nSPS) is 18.6. The number of sulfonamides is 1. The first-order chi connectivity index (χ1) is 13.0. The van der Waals surface area contributed by atoms with Crippen molar-refractivity contribution in [2.45, 2.75) is 29.5 Å². The summed E-state index contributed by atoms with van der Waals surface area (Å²) >= 11 is 2.29. The molecule has 1 saturated heterocycles. The van der Waals surface area contributed by atoms with E-state index in [1.165, 1.54) is 10.4 Å². The van der Waals surface area contributed by atoms with Gasteiger partial charge in [0.2, 0.25) is 5.91 Å². The Bertz CT molecular complexity index is 1080. The van der Waals surface area contributed by atoms with Crippen molar-refractivity contribution >= 4 is 54.0 Å². The molecule has 2 aromatic heterocycles. The summed E-state index contributed by atoms with van der Waals surface area (Å²) in [4.78, 5) is 16.9. The van der Waals surface area contributed by atoms with Crippen LogP contribution in [0.4, 0.5) is 9.52 Å². The van der Waals surface area contributed by atoms with Crippen LogP contribution >= 0.6 is 22.7 Å². The number of rotatable bonds is 4. The summed E-state index contributed by atoms with van der Waals surface area (Å²) in [6.45, 7) is 0.298. The van der Waals surface area contributed by atoms with E-state index in [0.717, 1.165) is 29.1 Å². The molecule has 3 heterocycles. The molecule has 6 nitrogen and oxygen atoms in total. The molecule has 1 atom stereocenters. The summed E-state index contributed by atoms with van der Waals surface area (Å²) in [5, 5.41) is 4.63. The van der Waals surface area contributed by atoms with Crippen molar-refractivity contribution < 1.29 is 17.6 Å². The van der Waals surface area contributed by atoms with Crippen LogP contribution in [0.3, 0.4) is 0 Å². The second-order valence-corrected chi connectivity index (χ2v) is 10.3. The number of nitrogens with one attached hydrogen (secondary N) is 1. The van der Waals surface area contributed by atoms with E-state index in [0.29, 0.717) is 24.1 Å². The highest BCUT2D eigenvalue weighted by molar-refractivity contribution is 7.91. The highest BCUT2D eigenvalue weighted by Crippen LogP contribution is 2.31. The fraction of sp³-hybridized carbons (Fsp3) is 0.294. The van der Waals surface area contributed by atoms with Gasteiger partial charge in [0, 0.05) is 6.54 Å². The summed E-state index contributed by atoms with van der Waals surface area (Å²) in [5.41, 5.74) is 0.199. The Morgan fingerprint density at radius 2 is 2.11 bits per heavy atom. The zero-order valence-electron chi connectivity index (χ0n) is 14.1. The van der Waals surface area contributed by atoms with E-state index >= 15 is 0 Å². The SMILES string of the molecule is O=C(Nc1nc2c(F)cccc2s1)[C@H]1CCCCN1S(=O)(=O)c1cccs1. The number of hydrogen-bond acceptors (Lipinski definition) is 6. The van der Waals surface area contributed by atoms with Crippen molar-refractivity contribution in [2.75, 3.05) is 11.9 Å². The minimum absolute atomic E-state index is 0.199. The lowest BCUT2D eigenvalue weighted by atomic mass is 10.0. The van der Waals surface area contributed by atoms with Gasteiger partial charge >= 0.3 is 0 Å². The molecule has 0 spiro atoms. The summed E-state index contributed by atoms with van der Waals surface area (Å²) < 4.78 is 41.7. The number of benzene rings is 1. The zero-order chi connectivity index (χ0) is 19.0. The molecule has 10 heteroatoms. The lowest BCUT2D eigenvalue weighted by molar-refractivity contribution is -0.120. The number of para-hydroxylation sites is 1. The molecule has 3 aromatic rings. The molecule has 1 aromatic carbocycles. The van der Waals surface area contributed by atoms with Crippen LogP contribution in [0.15, 0.2) is 39.9 Å². The number of thiazole rings is 1. The van der Waals surface area contributed by atoms with Crippen LogP contribution in [0, 0.1) is 5.82 Å². The molecule has 0 unspecified atom stereocenters. The number of carbonyl (C=O) groups excluding carboxylic acids is 1. The van der Waals surface area contributed by atoms with E-state index < -0.39 is 27.8 Å². The topological polar surface area (TPSA) is 79.4 Å². The minimum Gasteiger partial charge on any atom is -0.301 e. The molecule has 0 bridgehead atoms. The van der Waals surface area contributed by atoms with Crippen molar-refractivity contribution in [2.24, 2.45) is 0 Å². The number of nitrogens with zero attached hydrogens (tertiary/aromatic N) is 2. The molecule has 142 valence electrons. The van der Waals surface area contributed by atoms with Gasteiger partial charge in [-0.2, -0.15) is 4.31 Å². The average Bonchev–Trinajstić information content (AvgIpc) is 3.32. The van der Waals surface area contributed by atoms with Crippen LogP contribution in [-0.2, 0) is 14.8 Å². The summed E-state index contributed by atoms with van der Waals surface area (Å²) in [6.07, 6.45) is 1.92. The van der Waals surface area contributed by atoms with Crippen LogP contribution < -0.4 is 5.32 Å². The van der Waals surface area contributed by atoms with Gasteiger partial charge in [-0.3, -0.25) is 4.79 Å². The Morgan fingerprint density at radius 1 is 1.26 bits per heavy atom. The van der Waals surface area contributed by atoms with E-state index in [2.05, 4.69) is 10.3 Å². The Morgan fingerprint density at radius 3 is 2.85 bits per heavy atom. The van der Waals surface area contributed by atoms with Gasteiger partial charge in [0.05, 0.1) is 4.70 Å². The number of amides is 1. The largest absolute Gasteiger partial charge is 0.301 e. The van der Waals surface area contributed by atoms with Gasteiger partial charge in [-0.1, -0.05) is 29.9 Å². The smallest absolute Gasteiger partial charge is 0.253 e. The Labute approximate surface area is 163 Å². The number of carbonyl (C=O) groups is 1. The van der Waals surface area contributed by atoms with E-state index in [9.17, 15) is 17.6 Å². The van der Waals surface area contributed by atoms with Gasteiger partial charge in [0.15, 0.2) is 5.13 Å². The third-order valence-corrected chi connectivity index (χ3v) is 8.63. The number of anilines is 1. The van der Waals surface area contributed by atoms with Crippen molar-refractivity contribution in [3.05, 3.63) is 41.5 Å². The fourth-order valence-electron chi connectivity index (χ4n) is 3.14. The van der Waals surface area contributed by atoms with E-state index in [4.69, 9.17) is 0 Å². The molecule has 4 rings (SSSR count). The van der Waals surface area contributed by atoms with Gasteiger partial charge in [-0.25, -0.2) is 17.8 Å². The molecule has 0 saturated carbocycles. The third kappa shape index (κ3) is 3.49. The number of halogens is 1. The van der Waals surface area contributed by atoms with Gasteiger partial charge in [-0.05, 0) is 36.4 Å². The number of thiophene rings is 1. The molecule has 1 aliphatic heterocycles. The van der Waals surface area contributed by atoms with E-state index in [1.54, 1.807) is 29.6 Å². The van der Waals surface area contributed by atoms with Crippen LogP contribution in [0.1, 0.15) is 19.3 Å². The van der Waals surface area contributed by atoms with Gasteiger partial charge in [-0.15, -0.1) is 11.3 Å². The van der Waals surface area contributed by atoms with Gasteiger partial charge in [0.25, 0.3) is 10.0 Å². The van der Waals surface area contributed by atoms with Gasteiger partial charge in [0.1, 0.15) is 21.6 Å². The van der Waals surface area contributed by atoms with Crippen molar-refractivity contribution in [1.82, 2.24) is 9.29 Å². The predicted molar refractivity (Wildman–Crippen MR) is 104 cm³/mol. The predicted octanol–water partition coefficient (Wildman–Crippen LogP) is 3.68. The highest BCUT2D eigenvalue weighted by atomic mass is 32.2. The highest BCUT2D eigenvalue weighted by Gasteiger charge is 2.38. The minimum atomic E-state index is -3.72. The molecule has 1 amide bonds. The lowest BCUT2D eigenvalue weighted by Gasteiger charge is -2.32. The maximum atomic E-state index is 13.8. The van der Waals surface area contributed by atoms with Crippen LogP contribution in [-0.4, -0.2) is 36.2 Å². The lowest BCUT2D eigenvalue weighted by Crippen LogP contribution is -2.49. The quantitative estimate of drug-likeness (QED) is 0.692. The second-order valence-electron chi connectivity index (χ2n) is 6.15. The average molecular weight is 426 g/mol. The van der Waals surface area contributed by atoms with Crippen molar-refractivity contribution in [1.29, 1.82) is 0 Å². The van der Waals surface area contributed by atoms with Crippen LogP contribution in [0.5, 0.6) is 0 Å². The standard InChI is InChI=1S/C17H16FN3O3S3/c18-11-5-3-7-13-15(11)19-17(26-13)20-16(22)12-6-1-2-9-21(12)27(23,24)14-8-4-10-25-14/h3-5,7-8,10,12H,1-2,6,9H2,(H,19,20,22)/t12-/m1/s1. The van der Waals surface area contributed by atoms with Crippen molar-refractivity contribution in [3.63, 3.8) is 0 Å². The van der Waals surface area contributed by atoms with Crippen molar-refractivity contribution in [3.8, 4) is 0 Å². The molecule has 1 fully saturated rings. The maximum Gasteiger partial charge on any atom is 0.253 e. The molecule has 0 aliphatic carbocycles. The van der Waals surface area contributed by atoms with Crippen LogP contribution in [0.25, 0.3) is 10.2 Å². The number of piperidine rings is 1. The molecule has 27 heavy (non-hydrogen) atoms. The van der Waals surface area contributed by atoms with Gasteiger partial charge < -0.3 is 5.32 Å². The molecule has 1 aliphatic rings. The maximum absolute atomic E-state index is 13.8. The first-order valence-corrected chi connectivity index (χ1v) is 11.5. The molecule has 1 N–H and O–H groups in total. The summed E-state index contributed by atoms with van der Waals surface area (Å²) in [6, 6.07) is 7.02. The Kier molecular flexibility index (Phi) is 4.97. The summed E-state index contributed by atoms with van der Waals surface area (Å²) in [7, 11) is -3.72. The third-order valence-electron chi connectivity index (χ3n) is 4.41. The van der Waals surface area contributed by atoms with E-state index in [-0.39, 0.29) is 14.9 Å². The van der Waals surface area contributed by atoms with E-state index in [1.807, 2.05) is 0 Å². The monoisotopic (exact) mass is 425 g/mol. The second kappa shape index (κ2) is 7.27. The fourth-order valence-corrected chi connectivity index (χ4v) is 6.80. The summed E-state index contributed by atoms with van der Waals surface area (Å²) in [5.74, 6) is -0.891. The Balaban J connectivity index is 1.59. The van der Waals surface area contributed by atoms with Crippen LogP contribution in [0.2, 0.25) is 0 Å².